The summed E-state index contributed by atoms with van der Waals surface area (Å²) in [5.74, 6) is 0. The van der Waals surface area contributed by atoms with Gasteiger partial charge in [0.15, 0.2) is 0 Å². The van der Waals surface area contributed by atoms with Crippen LogP contribution in [0.25, 0.3) is 10.4 Å². The molecule has 3 heteroatoms. The number of fused-ring (bicyclic) bond motifs is 1. The third-order valence-corrected chi connectivity index (χ3v) is 4.78. The molecule has 2 heterocycles. The van der Waals surface area contributed by atoms with Crippen LogP contribution in [0.3, 0.4) is 0 Å². The van der Waals surface area contributed by atoms with Gasteiger partial charge in [-0.05, 0) is 55.6 Å². The number of halogens is 1. The van der Waals surface area contributed by atoms with Gasteiger partial charge in [-0.2, -0.15) is 0 Å². The molecule has 0 spiro atoms. The van der Waals surface area contributed by atoms with E-state index < -0.39 is 0 Å². The number of hydrogen-bond acceptors (Lipinski definition) is 2. The summed E-state index contributed by atoms with van der Waals surface area (Å²) in [7, 11) is 0. The Bertz CT molecular complexity index is 574. The molecular weight excluding hydrogens is 262 g/mol. The van der Waals surface area contributed by atoms with Crippen LogP contribution in [0.4, 0.5) is 0 Å². The summed E-state index contributed by atoms with van der Waals surface area (Å²) in [5, 5.41) is 4.37. The van der Waals surface area contributed by atoms with Gasteiger partial charge in [0.05, 0.1) is 0 Å². The lowest BCUT2D eigenvalue weighted by molar-refractivity contribution is 0.681. The van der Waals surface area contributed by atoms with Crippen molar-refractivity contribution in [3.8, 4) is 10.4 Å². The SMILES string of the molecule is Cc1ccc(-c2c(Cl)ccc3c2CNCCC3)s1. The molecular formula is C15H16ClNS. The molecule has 1 aromatic carbocycles. The van der Waals surface area contributed by atoms with E-state index in [0.717, 1.165) is 24.5 Å². The van der Waals surface area contributed by atoms with Crippen LogP contribution in [0.2, 0.25) is 5.02 Å². The normalized spacial score (nSPS) is 15.2. The van der Waals surface area contributed by atoms with Gasteiger partial charge in [-0.3, -0.25) is 0 Å². The predicted molar refractivity (Wildman–Crippen MR) is 79.5 cm³/mol. The summed E-state index contributed by atoms with van der Waals surface area (Å²) in [5.41, 5.74) is 4.08. The maximum absolute atomic E-state index is 6.44. The quantitative estimate of drug-likeness (QED) is 0.814. The van der Waals surface area contributed by atoms with E-state index in [-0.39, 0.29) is 0 Å². The molecule has 0 saturated carbocycles. The van der Waals surface area contributed by atoms with E-state index in [1.165, 1.54) is 32.9 Å². The summed E-state index contributed by atoms with van der Waals surface area (Å²) in [6.07, 6.45) is 2.36. The van der Waals surface area contributed by atoms with E-state index in [1.807, 2.05) is 11.3 Å². The minimum absolute atomic E-state index is 0.874. The molecule has 0 atom stereocenters. The van der Waals surface area contributed by atoms with Crippen molar-refractivity contribution in [3.63, 3.8) is 0 Å². The van der Waals surface area contributed by atoms with Crippen molar-refractivity contribution in [1.29, 1.82) is 0 Å². The van der Waals surface area contributed by atoms with Gasteiger partial charge in [0.25, 0.3) is 0 Å². The lowest BCUT2D eigenvalue weighted by Crippen LogP contribution is -2.12. The maximum Gasteiger partial charge on any atom is 0.0496 e. The Hall–Kier alpha value is -0.830. The molecule has 0 fully saturated rings. The van der Waals surface area contributed by atoms with Crippen molar-refractivity contribution in [2.75, 3.05) is 6.54 Å². The summed E-state index contributed by atoms with van der Waals surface area (Å²) >= 11 is 8.26. The van der Waals surface area contributed by atoms with E-state index >= 15 is 0 Å². The average molecular weight is 278 g/mol. The van der Waals surface area contributed by atoms with Gasteiger partial charge in [-0.25, -0.2) is 0 Å². The third-order valence-electron chi connectivity index (χ3n) is 3.45. The zero-order chi connectivity index (χ0) is 12.5. The maximum atomic E-state index is 6.44. The van der Waals surface area contributed by atoms with Crippen LogP contribution in [0, 0.1) is 6.92 Å². The molecule has 18 heavy (non-hydrogen) atoms. The first-order valence-corrected chi connectivity index (χ1v) is 7.53. The molecule has 1 aliphatic rings. The number of rotatable bonds is 1. The molecule has 3 rings (SSSR count). The van der Waals surface area contributed by atoms with Gasteiger partial charge in [0, 0.05) is 26.9 Å². The van der Waals surface area contributed by atoms with E-state index in [4.69, 9.17) is 11.6 Å². The lowest BCUT2D eigenvalue weighted by Gasteiger charge is -2.13. The average Bonchev–Trinajstić information content (AvgIpc) is 2.63. The van der Waals surface area contributed by atoms with E-state index in [9.17, 15) is 0 Å². The van der Waals surface area contributed by atoms with Crippen molar-refractivity contribution in [2.24, 2.45) is 0 Å². The molecule has 0 saturated heterocycles. The van der Waals surface area contributed by atoms with Crippen molar-refractivity contribution in [2.45, 2.75) is 26.3 Å². The standard InChI is InChI=1S/C15H16ClNS/c1-10-4-7-14(18-10)15-12-9-17-8-2-3-11(12)5-6-13(15)16/h4-7,17H,2-3,8-9H2,1H3. The number of aryl methyl sites for hydroxylation is 2. The van der Waals surface area contributed by atoms with Crippen LogP contribution >= 0.6 is 22.9 Å². The van der Waals surface area contributed by atoms with E-state index in [2.05, 4.69) is 36.5 Å². The molecule has 0 bridgehead atoms. The Kier molecular flexibility index (Phi) is 3.42. The lowest BCUT2D eigenvalue weighted by atomic mass is 9.97. The van der Waals surface area contributed by atoms with Crippen molar-refractivity contribution >= 4 is 22.9 Å². The van der Waals surface area contributed by atoms with Gasteiger partial charge in [0.1, 0.15) is 0 Å². The summed E-state index contributed by atoms with van der Waals surface area (Å²) in [6.45, 7) is 4.17. The largest absolute Gasteiger partial charge is 0.313 e. The van der Waals surface area contributed by atoms with E-state index in [1.54, 1.807) is 0 Å². The zero-order valence-electron chi connectivity index (χ0n) is 10.4. The van der Waals surface area contributed by atoms with Gasteiger partial charge < -0.3 is 5.32 Å². The molecule has 94 valence electrons. The van der Waals surface area contributed by atoms with Crippen LogP contribution in [-0.2, 0) is 13.0 Å². The van der Waals surface area contributed by atoms with Crippen LogP contribution in [-0.4, -0.2) is 6.54 Å². The van der Waals surface area contributed by atoms with Crippen molar-refractivity contribution < 1.29 is 0 Å². The fraction of sp³-hybridized carbons (Fsp3) is 0.333. The monoisotopic (exact) mass is 277 g/mol. The first-order chi connectivity index (χ1) is 8.75. The van der Waals surface area contributed by atoms with Crippen LogP contribution in [0.5, 0.6) is 0 Å². The summed E-state index contributed by atoms with van der Waals surface area (Å²) < 4.78 is 0. The molecule has 2 aromatic rings. The molecule has 1 aliphatic heterocycles. The molecule has 0 radical (unpaired) electrons. The minimum Gasteiger partial charge on any atom is -0.313 e. The highest BCUT2D eigenvalue weighted by molar-refractivity contribution is 7.15. The van der Waals surface area contributed by atoms with E-state index in [0.29, 0.717) is 0 Å². The van der Waals surface area contributed by atoms with Gasteiger partial charge >= 0.3 is 0 Å². The smallest absolute Gasteiger partial charge is 0.0496 e. The fourth-order valence-electron chi connectivity index (χ4n) is 2.55. The first kappa shape index (κ1) is 12.2. The number of nitrogens with one attached hydrogen (secondary N) is 1. The van der Waals surface area contributed by atoms with Crippen LogP contribution in [0.15, 0.2) is 24.3 Å². The van der Waals surface area contributed by atoms with Crippen molar-refractivity contribution in [3.05, 3.63) is 45.3 Å². The predicted octanol–water partition coefficient (Wildman–Crippen LogP) is 4.41. The zero-order valence-corrected chi connectivity index (χ0v) is 12.0. The second-order valence-corrected chi connectivity index (χ2v) is 6.45. The number of hydrogen-bond donors (Lipinski definition) is 1. The Balaban J connectivity index is 2.18. The van der Waals surface area contributed by atoms with Gasteiger partial charge in [-0.15, -0.1) is 11.3 Å². The highest BCUT2D eigenvalue weighted by Crippen LogP contribution is 2.38. The number of thiophene rings is 1. The van der Waals surface area contributed by atoms with Crippen LogP contribution in [0.1, 0.15) is 22.4 Å². The Morgan fingerprint density at radius 2 is 2.11 bits per heavy atom. The Morgan fingerprint density at radius 3 is 2.89 bits per heavy atom. The topological polar surface area (TPSA) is 12.0 Å². The fourth-order valence-corrected chi connectivity index (χ4v) is 3.84. The highest BCUT2D eigenvalue weighted by atomic mass is 35.5. The second-order valence-electron chi connectivity index (χ2n) is 4.75. The highest BCUT2D eigenvalue weighted by Gasteiger charge is 2.16. The van der Waals surface area contributed by atoms with Gasteiger partial charge in [-0.1, -0.05) is 17.7 Å². The van der Waals surface area contributed by atoms with Gasteiger partial charge in [0.2, 0.25) is 0 Å². The Morgan fingerprint density at radius 1 is 1.22 bits per heavy atom. The summed E-state index contributed by atoms with van der Waals surface area (Å²) in [6, 6.07) is 8.59. The minimum atomic E-state index is 0.874. The third kappa shape index (κ3) is 2.20. The van der Waals surface area contributed by atoms with Crippen LogP contribution < -0.4 is 5.32 Å². The first-order valence-electron chi connectivity index (χ1n) is 6.33. The molecule has 1 aromatic heterocycles. The molecule has 1 N–H and O–H groups in total. The number of benzene rings is 1. The molecule has 0 unspecified atom stereocenters. The Labute approximate surface area is 117 Å². The molecule has 1 nitrogen and oxygen atoms in total. The molecule has 0 aliphatic carbocycles. The van der Waals surface area contributed by atoms with Crippen molar-refractivity contribution in [1.82, 2.24) is 5.32 Å². The molecule has 0 amide bonds. The summed E-state index contributed by atoms with van der Waals surface area (Å²) in [4.78, 5) is 2.62. The second kappa shape index (κ2) is 5.04.